The molecule has 0 aliphatic heterocycles. The summed E-state index contributed by atoms with van der Waals surface area (Å²) in [5, 5.41) is 10.8. The second-order valence-electron chi connectivity index (χ2n) is 4.89. The minimum atomic E-state index is -0.707. The summed E-state index contributed by atoms with van der Waals surface area (Å²) in [4.78, 5) is 23.6. The summed E-state index contributed by atoms with van der Waals surface area (Å²) in [7, 11) is 2.86. The van der Waals surface area contributed by atoms with Gasteiger partial charge in [-0.2, -0.15) is 0 Å². The molecule has 1 aromatic carbocycles. The smallest absolute Gasteiger partial charge is 0.316 e. The molecule has 10 heteroatoms. The molecule has 1 amide bonds. The number of esters is 1. The number of ether oxygens (including phenoxy) is 3. The molecule has 1 aromatic heterocycles. The van der Waals surface area contributed by atoms with Crippen molar-refractivity contribution in [3.05, 3.63) is 24.3 Å². The first-order valence-corrected chi connectivity index (χ1v) is 9.51. The number of aromatic nitrogens is 2. The van der Waals surface area contributed by atoms with Crippen LogP contribution in [0, 0.1) is 0 Å². The Labute approximate surface area is 159 Å². The number of amides is 1. The van der Waals surface area contributed by atoms with Crippen LogP contribution < -0.4 is 14.8 Å². The summed E-state index contributed by atoms with van der Waals surface area (Å²) >= 11 is 2.37. The topological polar surface area (TPSA) is 99.6 Å². The number of hydrogen-bond acceptors (Lipinski definition) is 9. The number of methoxy groups -OCH3 is 2. The molecule has 2 aromatic rings. The Kier molecular flexibility index (Phi) is 7.67. The number of carbonyl (C=O) groups excluding carboxylic acids is 2. The van der Waals surface area contributed by atoms with E-state index < -0.39 is 6.10 Å². The van der Waals surface area contributed by atoms with Crippen molar-refractivity contribution >= 4 is 40.1 Å². The molecule has 0 unspecified atom stereocenters. The molecule has 1 atom stereocenters. The zero-order chi connectivity index (χ0) is 18.9. The van der Waals surface area contributed by atoms with Gasteiger partial charge in [-0.15, -0.1) is 10.2 Å². The lowest BCUT2D eigenvalue weighted by molar-refractivity contribution is -0.137. The maximum atomic E-state index is 12.5. The third kappa shape index (κ3) is 5.60. The molecule has 140 valence electrons. The van der Waals surface area contributed by atoms with Crippen molar-refractivity contribution in [2.45, 2.75) is 23.8 Å². The zero-order valence-electron chi connectivity index (χ0n) is 14.6. The lowest BCUT2D eigenvalue weighted by atomic mass is 10.2. The highest BCUT2D eigenvalue weighted by atomic mass is 32.2. The van der Waals surface area contributed by atoms with Crippen molar-refractivity contribution in [1.29, 1.82) is 0 Å². The Morgan fingerprint density at radius 1 is 1.23 bits per heavy atom. The first-order chi connectivity index (χ1) is 12.6. The van der Waals surface area contributed by atoms with E-state index >= 15 is 0 Å². The van der Waals surface area contributed by atoms with Crippen molar-refractivity contribution < 1.29 is 23.8 Å². The minimum absolute atomic E-state index is 0.133. The highest BCUT2D eigenvalue weighted by molar-refractivity contribution is 8.01. The predicted octanol–water partition coefficient (Wildman–Crippen LogP) is 2.61. The number of anilines is 1. The van der Waals surface area contributed by atoms with Crippen LogP contribution in [0.4, 0.5) is 5.13 Å². The SMILES string of the molecule is CC[C@H](Oc1ccccc1OC)C(=O)Nc1nnc(SCC(=O)OC)s1. The standard InChI is InChI=1S/C16H19N3O5S2/c1-4-10(24-12-8-6-5-7-11(12)22-2)14(21)17-15-18-19-16(26-15)25-9-13(20)23-3/h5-8,10H,4,9H2,1-3H3,(H,17,18,21)/t10-/m0/s1. The average Bonchev–Trinajstić information content (AvgIpc) is 3.11. The van der Waals surface area contributed by atoms with Gasteiger partial charge in [0.05, 0.1) is 20.0 Å². The van der Waals surface area contributed by atoms with Crippen LogP contribution in [0.15, 0.2) is 28.6 Å². The molecule has 0 aliphatic rings. The number of rotatable bonds is 9. The van der Waals surface area contributed by atoms with Gasteiger partial charge in [0.2, 0.25) is 5.13 Å². The van der Waals surface area contributed by atoms with Crippen LogP contribution in [0.5, 0.6) is 11.5 Å². The molecule has 26 heavy (non-hydrogen) atoms. The Bertz CT molecular complexity index is 753. The van der Waals surface area contributed by atoms with E-state index in [9.17, 15) is 9.59 Å². The van der Waals surface area contributed by atoms with Crippen LogP contribution >= 0.6 is 23.1 Å². The number of nitrogens with zero attached hydrogens (tertiary/aromatic N) is 2. The van der Waals surface area contributed by atoms with Gasteiger partial charge in [-0.3, -0.25) is 14.9 Å². The number of nitrogens with one attached hydrogen (secondary N) is 1. The normalized spacial score (nSPS) is 11.5. The van der Waals surface area contributed by atoms with Crippen LogP contribution in [0.1, 0.15) is 13.3 Å². The van der Waals surface area contributed by atoms with Gasteiger partial charge in [-0.25, -0.2) is 0 Å². The first-order valence-electron chi connectivity index (χ1n) is 7.71. The molecule has 0 bridgehead atoms. The van der Waals surface area contributed by atoms with Gasteiger partial charge in [-0.05, 0) is 18.6 Å². The molecule has 8 nitrogen and oxygen atoms in total. The summed E-state index contributed by atoms with van der Waals surface area (Å²) < 4.78 is 16.1. The molecular weight excluding hydrogens is 378 g/mol. The van der Waals surface area contributed by atoms with Crippen molar-refractivity contribution in [1.82, 2.24) is 10.2 Å². The molecule has 0 saturated carbocycles. The van der Waals surface area contributed by atoms with E-state index in [1.807, 2.05) is 13.0 Å². The van der Waals surface area contributed by atoms with Gasteiger partial charge in [0.15, 0.2) is 21.9 Å². The van der Waals surface area contributed by atoms with E-state index in [1.54, 1.807) is 18.2 Å². The van der Waals surface area contributed by atoms with Gasteiger partial charge in [0.1, 0.15) is 0 Å². The largest absolute Gasteiger partial charge is 0.493 e. The summed E-state index contributed by atoms with van der Waals surface area (Å²) in [6.07, 6.45) is -0.242. The fraction of sp³-hybridized carbons (Fsp3) is 0.375. The van der Waals surface area contributed by atoms with Crippen LogP contribution in [0.25, 0.3) is 0 Å². The Morgan fingerprint density at radius 2 is 1.96 bits per heavy atom. The van der Waals surface area contributed by atoms with E-state index in [-0.39, 0.29) is 17.6 Å². The van der Waals surface area contributed by atoms with Crippen molar-refractivity contribution in [2.75, 3.05) is 25.3 Å². The molecule has 0 spiro atoms. The van der Waals surface area contributed by atoms with E-state index in [0.717, 1.165) is 0 Å². The average molecular weight is 397 g/mol. The number of carbonyl (C=O) groups is 2. The van der Waals surface area contributed by atoms with Gasteiger partial charge < -0.3 is 14.2 Å². The molecule has 0 aliphatic carbocycles. The van der Waals surface area contributed by atoms with E-state index in [0.29, 0.717) is 27.4 Å². The van der Waals surface area contributed by atoms with Gasteiger partial charge >= 0.3 is 5.97 Å². The first kappa shape index (κ1) is 20.0. The van der Waals surface area contributed by atoms with Crippen molar-refractivity contribution in [3.63, 3.8) is 0 Å². The van der Waals surface area contributed by atoms with Crippen LogP contribution in [-0.4, -0.2) is 48.2 Å². The maximum Gasteiger partial charge on any atom is 0.316 e. The molecule has 1 N–H and O–H groups in total. The monoisotopic (exact) mass is 397 g/mol. The molecule has 2 rings (SSSR count). The number of para-hydroxylation sites is 2. The molecule has 0 radical (unpaired) electrons. The Morgan fingerprint density at radius 3 is 2.62 bits per heavy atom. The van der Waals surface area contributed by atoms with Crippen molar-refractivity contribution in [2.24, 2.45) is 0 Å². The quantitative estimate of drug-likeness (QED) is 0.392. The lowest BCUT2D eigenvalue weighted by Crippen LogP contribution is -2.32. The number of thioether (sulfide) groups is 1. The summed E-state index contributed by atoms with van der Waals surface area (Å²) in [5.74, 6) is 0.485. The van der Waals surface area contributed by atoms with Crippen LogP contribution in [0.3, 0.4) is 0 Å². The second-order valence-corrected chi connectivity index (χ2v) is 7.09. The third-order valence-electron chi connectivity index (χ3n) is 3.18. The number of hydrogen-bond donors (Lipinski definition) is 1. The summed E-state index contributed by atoms with van der Waals surface area (Å²) in [6, 6.07) is 7.12. The predicted molar refractivity (Wildman–Crippen MR) is 99.0 cm³/mol. The molecule has 1 heterocycles. The fourth-order valence-electron chi connectivity index (χ4n) is 1.88. The maximum absolute atomic E-state index is 12.5. The van der Waals surface area contributed by atoms with Gasteiger partial charge in [-0.1, -0.05) is 42.2 Å². The lowest BCUT2D eigenvalue weighted by Gasteiger charge is -2.17. The van der Waals surface area contributed by atoms with Gasteiger partial charge in [0.25, 0.3) is 5.91 Å². The number of benzene rings is 1. The Balaban J connectivity index is 1.96. The van der Waals surface area contributed by atoms with Crippen LogP contribution in [-0.2, 0) is 14.3 Å². The van der Waals surface area contributed by atoms with E-state index in [4.69, 9.17) is 9.47 Å². The fourth-order valence-corrected chi connectivity index (χ4v) is 3.46. The van der Waals surface area contributed by atoms with Crippen molar-refractivity contribution in [3.8, 4) is 11.5 Å². The molecular formula is C16H19N3O5S2. The zero-order valence-corrected chi connectivity index (χ0v) is 16.2. The summed E-state index contributed by atoms with van der Waals surface area (Å²) in [6.45, 7) is 1.84. The van der Waals surface area contributed by atoms with Crippen LogP contribution in [0.2, 0.25) is 0 Å². The molecule has 0 fully saturated rings. The second kappa shape index (κ2) is 9.97. The van der Waals surface area contributed by atoms with E-state index in [2.05, 4.69) is 20.3 Å². The highest BCUT2D eigenvalue weighted by Crippen LogP contribution is 2.28. The van der Waals surface area contributed by atoms with E-state index in [1.165, 1.54) is 37.3 Å². The third-order valence-corrected chi connectivity index (χ3v) is 5.12. The highest BCUT2D eigenvalue weighted by Gasteiger charge is 2.21. The van der Waals surface area contributed by atoms with Gasteiger partial charge in [0, 0.05) is 0 Å². The molecule has 0 saturated heterocycles. The minimum Gasteiger partial charge on any atom is -0.493 e. The summed E-state index contributed by atoms with van der Waals surface area (Å²) in [5.41, 5.74) is 0. The Hall–Kier alpha value is -2.33.